The van der Waals surface area contributed by atoms with Gasteiger partial charge in [-0.3, -0.25) is 9.59 Å². The van der Waals surface area contributed by atoms with E-state index in [0.717, 1.165) is 44.2 Å². The van der Waals surface area contributed by atoms with E-state index in [1.54, 1.807) is 0 Å². The highest BCUT2D eigenvalue weighted by Gasteiger charge is 2.26. The molecule has 0 spiro atoms. The molecule has 0 saturated carbocycles. The standard InChI is InChI=1S/C21H33N3O2/c1-3-15(2)20(24-19(25)10-5-4-6-13-22)21(26)23-18-12-11-16-8-7-9-17(16)14-18/h11-12,14-15,20H,3-10,13,22H2,1-2H3,(H,23,26)(H,24,25)/t15-,20+/m1/s1. The van der Waals surface area contributed by atoms with Crippen LogP contribution in [-0.2, 0) is 22.4 Å². The minimum Gasteiger partial charge on any atom is -0.344 e. The Morgan fingerprint density at radius 3 is 2.65 bits per heavy atom. The van der Waals surface area contributed by atoms with Gasteiger partial charge in [0.25, 0.3) is 0 Å². The lowest BCUT2D eigenvalue weighted by Crippen LogP contribution is -2.47. The van der Waals surface area contributed by atoms with Crippen molar-refractivity contribution < 1.29 is 9.59 Å². The molecular formula is C21H33N3O2. The average molecular weight is 360 g/mol. The molecule has 2 rings (SSSR count). The summed E-state index contributed by atoms with van der Waals surface area (Å²) in [6.07, 6.45) is 7.34. The smallest absolute Gasteiger partial charge is 0.247 e. The first kappa shape index (κ1) is 20.4. The van der Waals surface area contributed by atoms with E-state index in [0.29, 0.717) is 13.0 Å². The molecule has 4 N–H and O–H groups in total. The van der Waals surface area contributed by atoms with Crippen LogP contribution >= 0.6 is 0 Å². The zero-order valence-corrected chi connectivity index (χ0v) is 16.1. The Hall–Kier alpha value is -1.88. The molecule has 0 aliphatic heterocycles. The molecule has 144 valence electrons. The Balaban J connectivity index is 1.94. The van der Waals surface area contributed by atoms with Crippen molar-refractivity contribution in [3.63, 3.8) is 0 Å². The summed E-state index contributed by atoms with van der Waals surface area (Å²) in [5.74, 6) is -0.110. The summed E-state index contributed by atoms with van der Waals surface area (Å²) in [6, 6.07) is 5.63. The number of nitrogens with two attached hydrogens (primary N) is 1. The van der Waals surface area contributed by atoms with Gasteiger partial charge in [0.15, 0.2) is 0 Å². The van der Waals surface area contributed by atoms with Crippen LogP contribution in [0.3, 0.4) is 0 Å². The molecule has 2 atom stereocenters. The van der Waals surface area contributed by atoms with Crippen LogP contribution in [0.15, 0.2) is 18.2 Å². The second-order valence-electron chi connectivity index (χ2n) is 7.36. The van der Waals surface area contributed by atoms with Crippen molar-refractivity contribution in [1.29, 1.82) is 0 Å². The molecule has 5 heteroatoms. The van der Waals surface area contributed by atoms with Gasteiger partial charge in [0, 0.05) is 12.1 Å². The number of hydrogen-bond donors (Lipinski definition) is 3. The first-order chi connectivity index (χ1) is 12.5. The molecule has 1 aromatic rings. The Bertz CT molecular complexity index is 615. The van der Waals surface area contributed by atoms with E-state index >= 15 is 0 Å². The van der Waals surface area contributed by atoms with Gasteiger partial charge in [-0.2, -0.15) is 0 Å². The van der Waals surface area contributed by atoms with Crippen molar-refractivity contribution >= 4 is 17.5 Å². The summed E-state index contributed by atoms with van der Waals surface area (Å²) in [5.41, 5.74) is 9.01. The maximum atomic E-state index is 12.8. The number of unbranched alkanes of at least 4 members (excludes halogenated alkanes) is 2. The van der Waals surface area contributed by atoms with E-state index in [1.165, 1.54) is 17.5 Å². The fourth-order valence-corrected chi connectivity index (χ4v) is 3.42. The van der Waals surface area contributed by atoms with E-state index in [-0.39, 0.29) is 17.7 Å². The van der Waals surface area contributed by atoms with Crippen LogP contribution in [0.25, 0.3) is 0 Å². The monoisotopic (exact) mass is 359 g/mol. The van der Waals surface area contributed by atoms with Gasteiger partial charge in [0.1, 0.15) is 6.04 Å². The van der Waals surface area contributed by atoms with Crippen LogP contribution < -0.4 is 16.4 Å². The number of hydrogen-bond acceptors (Lipinski definition) is 3. The predicted octanol–water partition coefficient (Wildman–Crippen LogP) is 3.16. The highest BCUT2D eigenvalue weighted by molar-refractivity contribution is 5.97. The van der Waals surface area contributed by atoms with Crippen molar-refractivity contribution in [2.75, 3.05) is 11.9 Å². The Labute approximate surface area is 157 Å². The number of anilines is 1. The van der Waals surface area contributed by atoms with Gasteiger partial charge in [-0.1, -0.05) is 32.8 Å². The molecule has 1 aromatic carbocycles. The number of carbonyl (C=O) groups excluding carboxylic acids is 2. The van der Waals surface area contributed by atoms with Gasteiger partial charge in [0.05, 0.1) is 0 Å². The number of aryl methyl sites for hydroxylation is 2. The van der Waals surface area contributed by atoms with E-state index in [2.05, 4.69) is 22.8 Å². The summed E-state index contributed by atoms with van der Waals surface area (Å²) >= 11 is 0. The number of benzene rings is 1. The third-order valence-corrected chi connectivity index (χ3v) is 5.29. The molecule has 1 aliphatic carbocycles. The van der Waals surface area contributed by atoms with Crippen LogP contribution in [0.4, 0.5) is 5.69 Å². The van der Waals surface area contributed by atoms with Crippen LogP contribution in [0, 0.1) is 5.92 Å². The average Bonchev–Trinajstić information content (AvgIpc) is 3.10. The third-order valence-electron chi connectivity index (χ3n) is 5.29. The van der Waals surface area contributed by atoms with Crippen LogP contribution in [0.1, 0.15) is 63.5 Å². The van der Waals surface area contributed by atoms with Crippen molar-refractivity contribution in [3.05, 3.63) is 29.3 Å². The summed E-state index contributed by atoms with van der Waals surface area (Å²) in [6.45, 7) is 4.69. The van der Waals surface area contributed by atoms with Crippen molar-refractivity contribution in [2.24, 2.45) is 11.7 Å². The molecule has 1 aliphatic rings. The van der Waals surface area contributed by atoms with E-state index in [1.807, 2.05) is 19.9 Å². The molecule has 2 amide bonds. The van der Waals surface area contributed by atoms with Gasteiger partial charge < -0.3 is 16.4 Å². The first-order valence-corrected chi connectivity index (χ1v) is 9.97. The zero-order chi connectivity index (χ0) is 18.9. The molecule has 26 heavy (non-hydrogen) atoms. The lowest BCUT2D eigenvalue weighted by molar-refractivity contribution is -0.127. The predicted molar refractivity (Wildman–Crippen MR) is 106 cm³/mol. The Morgan fingerprint density at radius 1 is 1.15 bits per heavy atom. The van der Waals surface area contributed by atoms with Gasteiger partial charge in [-0.05, 0) is 67.8 Å². The Kier molecular flexibility index (Phi) is 8.10. The number of nitrogens with one attached hydrogen (secondary N) is 2. The molecule has 0 fully saturated rings. The lowest BCUT2D eigenvalue weighted by atomic mass is 9.97. The molecule has 0 bridgehead atoms. The Morgan fingerprint density at radius 2 is 1.92 bits per heavy atom. The number of carbonyl (C=O) groups is 2. The van der Waals surface area contributed by atoms with E-state index in [4.69, 9.17) is 5.73 Å². The number of fused-ring (bicyclic) bond motifs is 1. The quantitative estimate of drug-likeness (QED) is 0.561. The minimum atomic E-state index is -0.504. The molecule has 0 unspecified atom stereocenters. The van der Waals surface area contributed by atoms with Gasteiger partial charge in [-0.25, -0.2) is 0 Å². The summed E-state index contributed by atoms with van der Waals surface area (Å²) in [5, 5.41) is 5.93. The fraction of sp³-hybridized carbons (Fsp3) is 0.619. The number of amides is 2. The molecule has 0 saturated heterocycles. The van der Waals surface area contributed by atoms with Gasteiger partial charge >= 0.3 is 0 Å². The largest absolute Gasteiger partial charge is 0.344 e. The first-order valence-electron chi connectivity index (χ1n) is 9.97. The maximum Gasteiger partial charge on any atom is 0.247 e. The summed E-state index contributed by atoms with van der Waals surface area (Å²) in [4.78, 5) is 25.0. The second kappa shape index (κ2) is 10.3. The van der Waals surface area contributed by atoms with Gasteiger partial charge in [0.2, 0.25) is 11.8 Å². The van der Waals surface area contributed by atoms with E-state index in [9.17, 15) is 9.59 Å². The molecule has 0 heterocycles. The summed E-state index contributed by atoms with van der Waals surface area (Å²) in [7, 11) is 0. The zero-order valence-electron chi connectivity index (χ0n) is 16.1. The molecule has 0 aromatic heterocycles. The van der Waals surface area contributed by atoms with Crippen LogP contribution in [-0.4, -0.2) is 24.4 Å². The molecular weight excluding hydrogens is 326 g/mol. The minimum absolute atomic E-state index is 0.0589. The van der Waals surface area contributed by atoms with Crippen LogP contribution in [0.5, 0.6) is 0 Å². The normalized spacial score (nSPS) is 15.2. The van der Waals surface area contributed by atoms with Crippen molar-refractivity contribution in [2.45, 2.75) is 71.3 Å². The SMILES string of the molecule is CC[C@@H](C)[C@H](NC(=O)CCCCCN)C(=O)Nc1ccc2c(c1)CCC2. The maximum absolute atomic E-state index is 12.8. The van der Waals surface area contributed by atoms with E-state index < -0.39 is 6.04 Å². The van der Waals surface area contributed by atoms with Gasteiger partial charge in [-0.15, -0.1) is 0 Å². The van der Waals surface area contributed by atoms with Crippen molar-refractivity contribution in [1.82, 2.24) is 5.32 Å². The highest BCUT2D eigenvalue weighted by atomic mass is 16.2. The third kappa shape index (κ3) is 5.84. The molecule has 5 nitrogen and oxygen atoms in total. The van der Waals surface area contributed by atoms with Crippen molar-refractivity contribution in [3.8, 4) is 0 Å². The number of rotatable bonds is 10. The second-order valence-corrected chi connectivity index (χ2v) is 7.36. The topological polar surface area (TPSA) is 84.2 Å². The fourth-order valence-electron chi connectivity index (χ4n) is 3.42. The summed E-state index contributed by atoms with van der Waals surface area (Å²) < 4.78 is 0. The lowest BCUT2D eigenvalue weighted by Gasteiger charge is -2.24. The van der Waals surface area contributed by atoms with Crippen LogP contribution in [0.2, 0.25) is 0 Å². The highest BCUT2D eigenvalue weighted by Crippen LogP contribution is 2.25. The molecule has 0 radical (unpaired) electrons.